The number of sulfonamides is 1. The van der Waals surface area contributed by atoms with Crippen molar-refractivity contribution in [2.45, 2.75) is 13.3 Å². The van der Waals surface area contributed by atoms with Gasteiger partial charge in [-0.2, -0.15) is 9.67 Å². The molecule has 158 valence electrons. The van der Waals surface area contributed by atoms with Gasteiger partial charge in [-0.25, -0.2) is 8.42 Å². The van der Waals surface area contributed by atoms with Gasteiger partial charge in [0, 0.05) is 11.1 Å². The maximum Gasteiger partial charge on any atom is 0.573 e. The van der Waals surface area contributed by atoms with Gasteiger partial charge in [-0.1, -0.05) is 24.3 Å². The summed E-state index contributed by atoms with van der Waals surface area (Å²) in [6.45, 7) is 1.44. The van der Waals surface area contributed by atoms with E-state index in [4.69, 9.17) is 0 Å². The Kier molecular flexibility index (Phi) is 5.78. The normalized spacial score (nSPS) is 11.9. The van der Waals surface area contributed by atoms with Gasteiger partial charge >= 0.3 is 6.36 Å². The Morgan fingerprint density at radius 1 is 1.10 bits per heavy atom. The van der Waals surface area contributed by atoms with Crippen LogP contribution in [0.4, 0.5) is 19.1 Å². The summed E-state index contributed by atoms with van der Waals surface area (Å²) < 4.78 is 68.4. The molecule has 0 unspecified atom stereocenters. The van der Waals surface area contributed by atoms with Gasteiger partial charge in [-0.15, -0.1) is 18.3 Å². The lowest BCUT2D eigenvalue weighted by molar-refractivity contribution is -0.274. The average Bonchev–Trinajstić information content (AvgIpc) is 3.10. The first-order valence-corrected chi connectivity index (χ1v) is 10.1. The minimum atomic E-state index is -4.84. The van der Waals surface area contributed by atoms with Gasteiger partial charge in [0.15, 0.2) is 5.82 Å². The molecule has 3 rings (SSSR count). The standard InChI is InChI=1S/C18H15F3N4O4S/c1-2-30(27,28)24-17-22-16(13-5-3-12(11-26)4-6-13)23-25(17)14-7-9-15(10-8-14)29-18(19,20)21/h3-11H,2H2,1H3,(H,22,23,24). The second-order valence-corrected chi connectivity index (χ2v) is 7.97. The molecule has 2 aromatic carbocycles. The van der Waals surface area contributed by atoms with Crippen molar-refractivity contribution >= 4 is 22.3 Å². The predicted molar refractivity (Wildman–Crippen MR) is 102 cm³/mol. The zero-order valence-corrected chi connectivity index (χ0v) is 16.2. The number of aromatic nitrogens is 3. The van der Waals surface area contributed by atoms with Crippen LogP contribution in [0.25, 0.3) is 17.1 Å². The van der Waals surface area contributed by atoms with E-state index in [0.717, 1.165) is 16.8 Å². The number of anilines is 1. The highest BCUT2D eigenvalue weighted by molar-refractivity contribution is 7.92. The van der Waals surface area contributed by atoms with Crippen LogP contribution < -0.4 is 9.46 Å². The van der Waals surface area contributed by atoms with Crippen LogP contribution in [-0.4, -0.2) is 41.6 Å². The highest BCUT2D eigenvalue weighted by Gasteiger charge is 2.31. The molecule has 0 aliphatic carbocycles. The molecule has 0 fully saturated rings. The molecule has 0 spiro atoms. The number of nitrogens with zero attached hydrogens (tertiary/aromatic N) is 3. The van der Waals surface area contributed by atoms with E-state index in [1.54, 1.807) is 24.3 Å². The van der Waals surface area contributed by atoms with Crippen molar-refractivity contribution in [2.24, 2.45) is 0 Å². The summed E-state index contributed by atoms with van der Waals surface area (Å²) in [7, 11) is -3.71. The maximum absolute atomic E-state index is 12.4. The number of rotatable bonds is 7. The summed E-state index contributed by atoms with van der Waals surface area (Å²) >= 11 is 0. The molecule has 0 aliphatic rings. The van der Waals surface area contributed by atoms with Crippen molar-refractivity contribution in [1.29, 1.82) is 0 Å². The van der Waals surface area contributed by atoms with Crippen LogP contribution in [-0.2, 0) is 10.0 Å². The maximum atomic E-state index is 12.4. The molecule has 0 saturated heterocycles. The van der Waals surface area contributed by atoms with Crippen molar-refractivity contribution < 1.29 is 31.1 Å². The van der Waals surface area contributed by atoms with Crippen molar-refractivity contribution in [1.82, 2.24) is 14.8 Å². The summed E-state index contributed by atoms with van der Waals surface area (Å²) in [5, 5.41) is 4.26. The second-order valence-electron chi connectivity index (χ2n) is 5.96. The molecule has 1 aromatic heterocycles. The Bertz CT molecular complexity index is 1140. The van der Waals surface area contributed by atoms with E-state index in [2.05, 4.69) is 19.5 Å². The summed E-state index contributed by atoms with van der Waals surface area (Å²) in [5.41, 5.74) is 1.19. The van der Waals surface area contributed by atoms with Gasteiger partial charge in [-0.05, 0) is 31.2 Å². The van der Waals surface area contributed by atoms with E-state index >= 15 is 0 Å². The van der Waals surface area contributed by atoms with Gasteiger partial charge in [0.05, 0.1) is 11.4 Å². The van der Waals surface area contributed by atoms with E-state index < -0.39 is 22.1 Å². The topological polar surface area (TPSA) is 103 Å². The van der Waals surface area contributed by atoms with E-state index in [1.807, 2.05) is 0 Å². The molecule has 0 saturated carbocycles. The predicted octanol–water partition coefficient (Wildman–Crippen LogP) is 3.41. The third-order valence-electron chi connectivity index (χ3n) is 3.85. The first-order chi connectivity index (χ1) is 14.1. The van der Waals surface area contributed by atoms with Crippen molar-refractivity contribution in [3.05, 3.63) is 54.1 Å². The SMILES string of the molecule is CCS(=O)(=O)Nc1nc(-c2ccc(C=O)cc2)nn1-c1ccc(OC(F)(F)F)cc1. The summed E-state index contributed by atoms with van der Waals surface area (Å²) in [5.74, 6) is -0.652. The second kappa shape index (κ2) is 8.14. The largest absolute Gasteiger partial charge is 0.573 e. The molecule has 0 bridgehead atoms. The molecule has 30 heavy (non-hydrogen) atoms. The number of alkyl halides is 3. The number of carbonyl (C=O) groups is 1. The summed E-state index contributed by atoms with van der Waals surface area (Å²) in [6.07, 6.45) is -4.17. The molecule has 1 N–H and O–H groups in total. The van der Waals surface area contributed by atoms with Crippen molar-refractivity contribution in [3.8, 4) is 22.8 Å². The lowest BCUT2D eigenvalue weighted by Crippen LogP contribution is -2.18. The minimum Gasteiger partial charge on any atom is -0.406 e. The molecule has 1 heterocycles. The van der Waals surface area contributed by atoms with Crippen molar-refractivity contribution in [3.63, 3.8) is 0 Å². The number of hydrogen-bond donors (Lipinski definition) is 1. The first kappa shape index (κ1) is 21.3. The molecule has 0 radical (unpaired) electrons. The van der Waals surface area contributed by atoms with Gasteiger partial charge in [0.1, 0.15) is 12.0 Å². The molecule has 0 amide bonds. The Labute approximate surface area is 169 Å². The van der Waals surface area contributed by atoms with Crippen LogP contribution in [0.3, 0.4) is 0 Å². The molecular weight excluding hydrogens is 425 g/mol. The van der Waals surface area contributed by atoms with Gasteiger partial charge < -0.3 is 4.74 Å². The van der Waals surface area contributed by atoms with E-state index in [0.29, 0.717) is 17.4 Å². The zero-order chi connectivity index (χ0) is 21.9. The van der Waals surface area contributed by atoms with Gasteiger partial charge in [0.2, 0.25) is 16.0 Å². The molecular formula is C18H15F3N4O4S. The van der Waals surface area contributed by atoms with Crippen LogP contribution in [0, 0.1) is 0 Å². The highest BCUT2D eigenvalue weighted by Crippen LogP contribution is 2.26. The van der Waals surface area contributed by atoms with Crippen LogP contribution in [0.2, 0.25) is 0 Å². The van der Waals surface area contributed by atoms with Crippen LogP contribution in [0.1, 0.15) is 17.3 Å². The third kappa shape index (κ3) is 5.14. The highest BCUT2D eigenvalue weighted by atomic mass is 32.2. The number of benzene rings is 2. The van der Waals surface area contributed by atoms with Crippen LogP contribution in [0.15, 0.2) is 48.5 Å². The Morgan fingerprint density at radius 2 is 1.73 bits per heavy atom. The van der Waals surface area contributed by atoms with Crippen LogP contribution >= 0.6 is 0 Å². The number of carbonyl (C=O) groups excluding carboxylic acids is 1. The number of nitrogens with one attached hydrogen (secondary N) is 1. The Hall–Kier alpha value is -3.41. The lowest BCUT2D eigenvalue weighted by atomic mass is 10.1. The van der Waals surface area contributed by atoms with E-state index in [-0.39, 0.29) is 23.2 Å². The Morgan fingerprint density at radius 3 is 2.27 bits per heavy atom. The van der Waals surface area contributed by atoms with Crippen molar-refractivity contribution in [2.75, 3.05) is 10.5 Å². The number of hydrogen-bond acceptors (Lipinski definition) is 6. The third-order valence-corrected chi connectivity index (χ3v) is 5.11. The van der Waals surface area contributed by atoms with E-state index in [9.17, 15) is 26.4 Å². The monoisotopic (exact) mass is 440 g/mol. The summed E-state index contributed by atoms with van der Waals surface area (Å²) in [6, 6.07) is 11.0. The summed E-state index contributed by atoms with van der Waals surface area (Å²) in [4.78, 5) is 15.0. The number of halogens is 3. The fraction of sp³-hybridized carbons (Fsp3) is 0.167. The molecule has 8 nitrogen and oxygen atoms in total. The minimum absolute atomic E-state index is 0.143. The zero-order valence-electron chi connectivity index (χ0n) is 15.4. The smallest absolute Gasteiger partial charge is 0.406 e. The molecule has 3 aromatic rings. The van der Waals surface area contributed by atoms with Gasteiger partial charge in [-0.3, -0.25) is 9.52 Å². The average molecular weight is 440 g/mol. The molecule has 12 heteroatoms. The lowest BCUT2D eigenvalue weighted by Gasteiger charge is -2.10. The Balaban J connectivity index is 2.02. The quantitative estimate of drug-likeness (QED) is 0.565. The number of aldehydes is 1. The first-order valence-electron chi connectivity index (χ1n) is 8.49. The number of ether oxygens (including phenoxy) is 1. The van der Waals surface area contributed by atoms with E-state index in [1.165, 1.54) is 19.1 Å². The van der Waals surface area contributed by atoms with Crippen LogP contribution in [0.5, 0.6) is 5.75 Å². The van der Waals surface area contributed by atoms with Gasteiger partial charge in [0.25, 0.3) is 0 Å². The molecule has 0 aliphatic heterocycles. The fourth-order valence-electron chi connectivity index (χ4n) is 2.39. The molecule has 0 atom stereocenters. The fourth-order valence-corrected chi connectivity index (χ4v) is 2.95.